The van der Waals surface area contributed by atoms with Gasteiger partial charge in [-0.3, -0.25) is 4.79 Å². The van der Waals surface area contributed by atoms with E-state index in [9.17, 15) is 9.36 Å². The molecule has 0 heterocycles. The fourth-order valence-electron chi connectivity index (χ4n) is 0.489. The van der Waals surface area contributed by atoms with Crippen molar-refractivity contribution in [2.45, 2.75) is 13.3 Å². The van der Waals surface area contributed by atoms with Crippen LogP contribution >= 0.6 is 7.75 Å². The third-order valence-electron chi connectivity index (χ3n) is 1.04. The smallest absolute Gasteiger partial charge is 0.376 e. The standard InChI is InChI=1S/C4H10NO5P/c1-2-4(7)5(3-6)11(8,9)10/h6H,2-3H2,1H3,(H2,8,9,10). The number of aliphatic hydroxyl groups excluding tert-OH is 1. The molecule has 1 amide bonds. The number of amides is 1. The first kappa shape index (κ1) is 10.6. The minimum absolute atomic E-state index is 0.0499. The molecule has 66 valence electrons. The van der Waals surface area contributed by atoms with E-state index in [1.165, 1.54) is 6.92 Å². The van der Waals surface area contributed by atoms with Gasteiger partial charge >= 0.3 is 7.75 Å². The van der Waals surface area contributed by atoms with Crippen LogP contribution < -0.4 is 0 Å². The van der Waals surface area contributed by atoms with Gasteiger partial charge in [-0.1, -0.05) is 6.92 Å². The largest absolute Gasteiger partial charge is 0.434 e. The Morgan fingerprint density at radius 1 is 1.55 bits per heavy atom. The van der Waals surface area contributed by atoms with E-state index in [1.54, 1.807) is 0 Å². The number of carbonyl (C=O) groups is 1. The van der Waals surface area contributed by atoms with Crippen LogP contribution in [-0.4, -0.2) is 32.2 Å². The second kappa shape index (κ2) is 3.82. The van der Waals surface area contributed by atoms with Crippen LogP contribution in [0, 0.1) is 0 Å². The van der Waals surface area contributed by atoms with Crippen LogP contribution in [0.4, 0.5) is 0 Å². The summed E-state index contributed by atoms with van der Waals surface area (Å²) in [7, 11) is -4.61. The Morgan fingerprint density at radius 2 is 2.00 bits per heavy atom. The van der Waals surface area contributed by atoms with Gasteiger partial charge in [0.25, 0.3) is 0 Å². The summed E-state index contributed by atoms with van der Waals surface area (Å²) in [5.74, 6) is -0.777. The predicted molar refractivity (Wildman–Crippen MR) is 36.3 cm³/mol. The van der Waals surface area contributed by atoms with Crippen molar-refractivity contribution in [2.24, 2.45) is 0 Å². The summed E-state index contributed by atoms with van der Waals surface area (Å²) in [5.41, 5.74) is 0. The zero-order valence-corrected chi connectivity index (χ0v) is 6.86. The molecule has 0 radical (unpaired) electrons. The number of hydrogen-bond donors (Lipinski definition) is 3. The molecular weight excluding hydrogens is 173 g/mol. The first-order valence-electron chi connectivity index (χ1n) is 2.90. The highest BCUT2D eigenvalue weighted by Crippen LogP contribution is 2.39. The zero-order chi connectivity index (χ0) is 9.07. The molecule has 0 aromatic heterocycles. The molecule has 0 rings (SSSR count). The van der Waals surface area contributed by atoms with E-state index >= 15 is 0 Å². The fourth-order valence-corrected chi connectivity index (χ4v) is 1.09. The summed E-state index contributed by atoms with van der Waals surface area (Å²) in [4.78, 5) is 27.5. The van der Waals surface area contributed by atoms with Crippen LogP contribution in [0.25, 0.3) is 0 Å². The highest BCUT2D eigenvalue weighted by atomic mass is 31.2. The molecule has 0 aromatic carbocycles. The van der Waals surface area contributed by atoms with E-state index in [0.717, 1.165) is 0 Å². The minimum Gasteiger partial charge on any atom is -0.376 e. The van der Waals surface area contributed by atoms with Crippen molar-refractivity contribution in [1.82, 2.24) is 4.67 Å². The number of carbonyl (C=O) groups excluding carboxylic acids is 1. The zero-order valence-electron chi connectivity index (χ0n) is 5.97. The number of nitrogens with zero attached hydrogens (tertiary/aromatic N) is 1. The van der Waals surface area contributed by atoms with E-state index in [0.29, 0.717) is 0 Å². The maximum atomic E-state index is 10.7. The molecular formula is C4H10NO5P. The van der Waals surface area contributed by atoms with Crippen molar-refractivity contribution < 1.29 is 24.3 Å². The summed E-state index contributed by atoms with van der Waals surface area (Å²) < 4.78 is 10.5. The van der Waals surface area contributed by atoms with Crippen molar-refractivity contribution in [3.8, 4) is 0 Å². The van der Waals surface area contributed by atoms with E-state index < -0.39 is 20.4 Å². The highest BCUT2D eigenvalue weighted by molar-refractivity contribution is 7.49. The Bertz CT molecular complexity index is 187. The molecule has 0 saturated heterocycles. The van der Waals surface area contributed by atoms with E-state index in [-0.39, 0.29) is 11.1 Å². The van der Waals surface area contributed by atoms with Gasteiger partial charge in [-0.05, 0) is 0 Å². The van der Waals surface area contributed by atoms with Gasteiger partial charge in [-0.15, -0.1) is 0 Å². The second-order valence-corrected chi connectivity index (χ2v) is 3.31. The quantitative estimate of drug-likeness (QED) is 0.395. The molecule has 3 N–H and O–H groups in total. The minimum atomic E-state index is -4.61. The lowest BCUT2D eigenvalue weighted by Gasteiger charge is -2.19. The monoisotopic (exact) mass is 183 g/mol. The molecule has 0 atom stereocenters. The molecule has 7 heteroatoms. The third kappa shape index (κ3) is 2.98. The Labute approximate surface area is 63.7 Å². The van der Waals surface area contributed by atoms with E-state index in [1.807, 2.05) is 0 Å². The fraction of sp³-hybridized carbons (Fsp3) is 0.750. The van der Waals surface area contributed by atoms with Crippen LogP contribution in [-0.2, 0) is 9.36 Å². The molecule has 0 aliphatic heterocycles. The van der Waals surface area contributed by atoms with Crippen molar-refractivity contribution >= 4 is 13.7 Å². The van der Waals surface area contributed by atoms with Gasteiger partial charge in [0.1, 0.15) is 6.73 Å². The van der Waals surface area contributed by atoms with Gasteiger partial charge in [-0.25, -0.2) is 9.24 Å². The Morgan fingerprint density at radius 3 is 2.09 bits per heavy atom. The molecule has 0 aromatic rings. The summed E-state index contributed by atoms with van der Waals surface area (Å²) in [5, 5.41) is 8.38. The molecule has 0 aliphatic rings. The first-order valence-corrected chi connectivity index (χ1v) is 4.47. The number of rotatable bonds is 3. The SMILES string of the molecule is CCC(=O)N(CO)P(=O)(O)O. The topological polar surface area (TPSA) is 98.1 Å². The summed E-state index contributed by atoms with van der Waals surface area (Å²) in [6.45, 7) is 0.484. The summed E-state index contributed by atoms with van der Waals surface area (Å²) in [6, 6.07) is 0. The molecule has 0 saturated carbocycles. The second-order valence-electron chi connectivity index (χ2n) is 1.80. The van der Waals surface area contributed by atoms with Gasteiger partial charge in [-0.2, -0.15) is 0 Å². The van der Waals surface area contributed by atoms with Crippen molar-refractivity contribution in [1.29, 1.82) is 0 Å². The molecule has 0 unspecified atom stereocenters. The maximum Gasteiger partial charge on any atom is 0.434 e. The van der Waals surface area contributed by atoms with Gasteiger partial charge in [0, 0.05) is 6.42 Å². The Hall–Kier alpha value is -0.420. The molecule has 0 bridgehead atoms. The lowest BCUT2D eigenvalue weighted by Crippen LogP contribution is -2.27. The lowest BCUT2D eigenvalue weighted by molar-refractivity contribution is -0.129. The number of hydrogen-bond acceptors (Lipinski definition) is 3. The molecule has 0 spiro atoms. The van der Waals surface area contributed by atoms with E-state index in [4.69, 9.17) is 14.9 Å². The Kier molecular flexibility index (Phi) is 3.68. The maximum absolute atomic E-state index is 10.7. The van der Waals surface area contributed by atoms with Crippen LogP contribution in [0.1, 0.15) is 13.3 Å². The molecule has 0 fully saturated rings. The van der Waals surface area contributed by atoms with Gasteiger partial charge in [0.05, 0.1) is 0 Å². The Balaban J connectivity index is 4.42. The van der Waals surface area contributed by atoms with Crippen LogP contribution in [0.15, 0.2) is 0 Å². The molecule has 0 aliphatic carbocycles. The summed E-state index contributed by atoms with van der Waals surface area (Å²) in [6.07, 6.45) is -0.0499. The van der Waals surface area contributed by atoms with Crippen LogP contribution in [0.2, 0.25) is 0 Å². The van der Waals surface area contributed by atoms with Crippen molar-refractivity contribution in [3.05, 3.63) is 0 Å². The average molecular weight is 183 g/mol. The van der Waals surface area contributed by atoms with Crippen molar-refractivity contribution in [3.63, 3.8) is 0 Å². The number of aliphatic hydroxyl groups is 1. The van der Waals surface area contributed by atoms with Crippen molar-refractivity contribution in [2.75, 3.05) is 6.73 Å². The lowest BCUT2D eigenvalue weighted by atomic mass is 10.5. The van der Waals surface area contributed by atoms with Gasteiger partial charge < -0.3 is 14.9 Å². The van der Waals surface area contributed by atoms with Crippen LogP contribution in [0.5, 0.6) is 0 Å². The molecule has 6 nitrogen and oxygen atoms in total. The summed E-state index contributed by atoms with van der Waals surface area (Å²) >= 11 is 0. The third-order valence-corrected chi connectivity index (χ3v) is 2.02. The average Bonchev–Trinajstić information content (AvgIpc) is 1.86. The van der Waals surface area contributed by atoms with E-state index in [2.05, 4.69) is 0 Å². The van der Waals surface area contributed by atoms with Gasteiger partial charge in [0.15, 0.2) is 0 Å². The van der Waals surface area contributed by atoms with Gasteiger partial charge in [0.2, 0.25) is 5.91 Å². The van der Waals surface area contributed by atoms with Crippen LogP contribution in [0.3, 0.4) is 0 Å². The first-order chi connectivity index (χ1) is 4.93. The predicted octanol–water partition coefficient (Wildman–Crippen LogP) is -0.732. The normalized spacial score (nSPS) is 11.3. The molecule has 11 heavy (non-hydrogen) atoms. The highest BCUT2D eigenvalue weighted by Gasteiger charge is 2.28.